The second-order valence-electron chi connectivity index (χ2n) is 7.52. The molecule has 166 valence electrons. The van der Waals surface area contributed by atoms with Crippen LogP contribution >= 0.6 is 11.6 Å². The first-order valence-electron chi connectivity index (χ1n) is 10.4. The van der Waals surface area contributed by atoms with E-state index in [1.54, 1.807) is 25.3 Å². The molecule has 0 aromatic heterocycles. The van der Waals surface area contributed by atoms with Crippen LogP contribution in [0.5, 0.6) is 11.5 Å². The molecule has 31 heavy (non-hydrogen) atoms. The van der Waals surface area contributed by atoms with Crippen molar-refractivity contribution >= 4 is 29.3 Å². The molecule has 0 saturated carbocycles. The Morgan fingerprint density at radius 3 is 2.48 bits per heavy atom. The fraction of sp³-hybridized carbons (Fsp3) is 0.375. The van der Waals surface area contributed by atoms with Gasteiger partial charge in [0.25, 0.3) is 0 Å². The lowest BCUT2D eigenvalue weighted by Crippen LogP contribution is -2.52. The van der Waals surface area contributed by atoms with Crippen LogP contribution in [0.1, 0.15) is 12.5 Å². The van der Waals surface area contributed by atoms with Gasteiger partial charge in [0.2, 0.25) is 5.91 Å². The highest BCUT2D eigenvalue weighted by Gasteiger charge is 2.21. The van der Waals surface area contributed by atoms with Crippen molar-refractivity contribution in [2.45, 2.75) is 13.0 Å². The number of anilines is 1. The number of amides is 1. The molecule has 0 bridgehead atoms. The average Bonchev–Trinajstić information content (AvgIpc) is 2.81. The number of halogens is 1. The topological polar surface area (TPSA) is 54.0 Å². The molecule has 6 nitrogen and oxygen atoms in total. The smallest absolute Gasteiger partial charge is 0.244 e. The maximum Gasteiger partial charge on any atom is 0.244 e. The number of carbonyl (C=O) groups is 1. The van der Waals surface area contributed by atoms with Gasteiger partial charge in [-0.15, -0.1) is 0 Å². The molecule has 1 aliphatic heterocycles. The van der Waals surface area contributed by atoms with Gasteiger partial charge in [-0.3, -0.25) is 9.69 Å². The molecule has 0 spiro atoms. The summed E-state index contributed by atoms with van der Waals surface area (Å²) < 4.78 is 10.5. The molecule has 1 N–H and O–H groups in total. The summed E-state index contributed by atoms with van der Waals surface area (Å²) >= 11 is 6.22. The number of nitrogens with zero attached hydrogens (tertiary/aromatic N) is 2. The van der Waals surface area contributed by atoms with Gasteiger partial charge >= 0.3 is 0 Å². The lowest BCUT2D eigenvalue weighted by Gasteiger charge is -2.39. The highest BCUT2D eigenvalue weighted by molar-refractivity contribution is 6.32. The molecule has 3 rings (SSSR count). The van der Waals surface area contributed by atoms with E-state index in [9.17, 15) is 4.79 Å². The van der Waals surface area contributed by atoms with Crippen molar-refractivity contribution in [3.05, 3.63) is 59.1 Å². The highest BCUT2D eigenvalue weighted by atomic mass is 35.5. The summed E-state index contributed by atoms with van der Waals surface area (Å²) in [6, 6.07) is 14.3. The van der Waals surface area contributed by atoms with Crippen LogP contribution in [0.4, 0.5) is 5.69 Å². The molecule has 2 aromatic carbocycles. The number of ether oxygens (including phenoxy) is 2. The maximum absolute atomic E-state index is 12.3. The molecular weight excluding hydrogens is 414 g/mol. The van der Waals surface area contributed by atoms with Gasteiger partial charge < -0.3 is 19.7 Å². The Morgan fingerprint density at radius 1 is 1.13 bits per heavy atom. The molecule has 1 aliphatic rings. The third-order valence-electron chi connectivity index (χ3n) is 5.51. The molecule has 1 amide bonds. The van der Waals surface area contributed by atoms with Gasteiger partial charge in [0.15, 0.2) is 11.5 Å². The second kappa shape index (κ2) is 11.1. The number of nitrogens with one attached hydrogen (secondary N) is 1. The van der Waals surface area contributed by atoms with Crippen molar-refractivity contribution in [3.8, 4) is 11.5 Å². The molecule has 7 heteroatoms. The van der Waals surface area contributed by atoms with Crippen LogP contribution < -0.4 is 19.7 Å². The van der Waals surface area contributed by atoms with Gasteiger partial charge in [-0.25, -0.2) is 0 Å². The highest BCUT2D eigenvalue weighted by Crippen LogP contribution is 2.36. The van der Waals surface area contributed by atoms with E-state index in [2.05, 4.69) is 46.3 Å². The summed E-state index contributed by atoms with van der Waals surface area (Å²) in [5.74, 6) is 0.867. The van der Waals surface area contributed by atoms with E-state index in [-0.39, 0.29) is 11.9 Å². The number of hydrogen-bond donors (Lipinski definition) is 1. The summed E-state index contributed by atoms with van der Waals surface area (Å²) in [6.45, 7) is 6.68. The third kappa shape index (κ3) is 6.15. The first-order chi connectivity index (χ1) is 15.0. The Bertz CT molecular complexity index is 896. The molecule has 1 atom stereocenters. The van der Waals surface area contributed by atoms with Crippen LogP contribution in [0.2, 0.25) is 5.02 Å². The van der Waals surface area contributed by atoms with Crippen molar-refractivity contribution in [2.75, 3.05) is 51.8 Å². The van der Waals surface area contributed by atoms with Crippen LogP contribution in [0.3, 0.4) is 0 Å². The normalized spacial score (nSPS) is 15.7. The fourth-order valence-corrected chi connectivity index (χ4v) is 4.00. The largest absolute Gasteiger partial charge is 0.493 e. The number of para-hydroxylation sites is 1. The molecule has 0 aliphatic carbocycles. The van der Waals surface area contributed by atoms with E-state index in [0.717, 1.165) is 31.7 Å². The SMILES string of the molecule is COc1cc(/C=C/C(=O)NCC(C)N2CCN(c3ccccc3)CC2)cc(Cl)c1OC. The summed E-state index contributed by atoms with van der Waals surface area (Å²) in [4.78, 5) is 17.1. The minimum Gasteiger partial charge on any atom is -0.493 e. The van der Waals surface area contributed by atoms with Crippen molar-refractivity contribution in [3.63, 3.8) is 0 Å². The molecule has 1 fully saturated rings. The van der Waals surface area contributed by atoms with Crippen LogP contribution in [0.25, 0.3) is 6.08 Å². The minimum atomic E-state index is -0.138. The van der Waals surface area contributed by atoms with Gasteiger partial charge in [0.1, 0.15) is 0 Å². The Kier molecular flexibility index (Phi) is 8.20. The zero-order chi connectivity index (χ0) is 22.2. The van der Waals surface area contributed by atoms with Crippen molar-refractivity contribution in [1.29, 1.82) is 0 Å². The summed E-state index contributed by atoms with van der Waals surface area (Å²) in [5.41, 5.74) is 2.03. The monoisotopic (exact) mass is 443 g/mol. The van der Waals surface area contributed by atoms with Crippen LogP contribution in [0, 0.1) is 0 Å². The number of carbonyl (C=O) groups excluding carboxylic acids is 1. The predicted octanol–water partition coefficient (Wildman–Crippen LogP) is 3.70. The number of hydrogen-bond acceptors (Lipinski definition) is 5. The fourth-order valence-electron chi connectivity index (χ4n) is 3.70. The van der Waals surface area contributed by atoms with Gasteiger partial charge in [0, 0.05) is 50.5 Å². The first kappa shape index (κ1) is 23.0. The van der Waals surface area contributed by atoms with Gasteiger partial charge in [-0.2, -0.15) is 0 Å². The summed E-state index contributed by atoms with van der Waals surface area (Å²) in [6.07, 6.45) is 3.23. The quantitative estimate of drug-likeness (QED) is 0.630. The van der Waals surface area contributed by atoms with Gasteiger partial charge in [0.05, 0.1) is 19.2 Å². The molecule has 1 saturated heterocycles. The van der Waals surface area contributed by atoms with Crippen molar-refractivity contribution in [1.82, 2.24) is 10.2 Å². The zero-order valence-electron chi connectivity index (χ0n) is 18.3. The van der Waals surface area contributed by atoms with Gasteiger partial charge in [-0.1, -0.05) is 29.8 Å². The van der Waals surface area contributed by atoms with E-state index < -0.39 is 0 Å². The van der Waals surface area contributed by atoms with Crippen LogP contribution in [-0.2, 0) is 4.79 Å². The van der Waals surface area contributed by atoms with E-state index in [1.807, 2.05) is 6.07 Å². The van der Waals surface area contributed by atoms with E-state index in [4.69, 9.17) is 21.1 Å². The number of piperazine rings is 1. The standard InChI is InChI=1S/C24H30ClN3O3/c1-18(27-11-13-28(14-12-27)20-7-5-4-6-8-20)17-26-23(29)10-9-19-15-21(25)24(31-3)22(16-19)30-2/h4-10,15-16,18H,11-14,17H2,1-3H3,(H,26,29)/b10-9+. The molecule has 2 aromatic rings. The van der Waals surface area contributed by atoms with E-state index >= 15 is 0 Å². The molecular formula is C24H30ClN3O3. The van der Waals surface area contributed by atoms with E-state index in [0.29, 0.717) is 23.1 Å². The molecule has 1 unspecified atom stereocenters. The number of rotatable bonds is 8. The van der Waals surface area contributed by atoms with Crippen molar-refractivity contribution < 1.29 is 14.3 Å². The molecule has 1 heterocycles. The average molecular weight is 444 g/mol. The Labute approximate surface area is 189 Å². The maximum atomic E-state index is 12.3. The molecule has 0 radical (unpaired) electrons. The van der Waals surface area contributed by atoms with Crippen LogP contribution in [-0.4, -0.2) is 63.8 Å². The lowest BCUT2D eigenvalue weighted by atomic mass is 10.1. The van der Waals surface area contributed by atoms with E-state index in [1.165, 1.54) is 18.9 Å². The third-order valence-corrected chi connectivity index (χ3v) is 5.79. The van der Waals surface area contributed by atoms with Crippen LogP contribution in [0.15, 0.2) is 48.5 Å². The Balaban J connectivity index is 1.47. The predicted molar refractivity (Wildman–Crippen MR) is 126 cm³/mol. The Hall–Kier alpha value is -2.70. The second-order valence-corrected chi connectivity index (χ2v) is 7.93. The summed E-state index contributed by atoms with van der Waals surface area (Å²) in [7, 11) is 3.09. The van der Waals surface area contributed by atoms with Gasteiger partial charge in [-0.05, 0) is 42.8 Å². The first-order valence-corrected chi connectivity index (χ1v) is 10.8. The zero-order valence-corrected chi connectivity index (χ0v) is 19.1. The minimum absolute atomic E-state index is 0.138. The lowest BCUT2D eigenvalue weighted by molar-refractivity contribution is -0.116. The summed E-state index contributed by atoms with van der Waals surface area (Å²) in [5, 5.41) is 3.42. The Morgan fingerprint density at radius 2 is 1.84 bits per heavy atom. The number of methoxy groups -OCH3 is 2. The van der Waals surface area contributed by atoms with Crippen molar-refractivity contribution in [2.24, 2.45) is 0 Å². The number of benzene rings is 2.